The minimum absolute atomic E-state index is 0.0396. The van der Waals surface area contributed by atoms with Gasteiger partial charge in [0.2, 0.25) is 5.89 Å². The van der Waals surface area contributed by atoms with Gasteiger partial charge in [0.25, 0.3) is 11.7 Å². The van der Waals surface area contributed by atoms with Crippen molar-refractivity contribution in [1.82, 2.24) is 15.5 Å². The van der Waals surface area contributed by atoms with Crippen LogP contribution in [0.1, 0.15) is 23.4 Å². The zero-order valence-corrected chi connectivity index (χ0v) is 7.57. The van der Waals surface area contributed by atoms with Gasteiger partial charge in [-0.1, -0.05) is 5.16 Å². The molecule has 1 rings (SSSR count). The second-order valence-corrected chi connectivity index (χ2v) is 2.75. The molecule has 1 amide bonds. The Balaban J connectivity index is 2.58. The van der Waals surface area contributed by atoms with Crippen LogP contribution in [0.25, 0.3) is 0 Å². The lowest BCUT2D eigenvalue weighted by atomic mass is 10.3. The highest BCUT2D eigenvalue weighted by molar-refractivity contribution is 5.90. The molecule has 3 N–H and O–H groups in total. The Kier molecular flexibility index (Phi) is 2.97. The predicted molar refractivity (Wildman–Crippen MR) is 45.0 cm³/mol. The summed E-state index contributed by atoms with van der Waals surface area (Å²) in [6.07, 6.45) is 0. The number of rotatable bonds is 3. The lowest BCUT2D eigenvalue weighted by Gasteiger charge is -2.07. The summed E-state index contributed by atoms with van der Waals surface area (Å²) < 4.78 is 4.65. The van der Waals surface area contributed by atoms with Crippen molar-refractivity contribution in [2.45, 2.75) is 19.9 Å². The fraction of sp³-hybridized carbons (Fsp3) is 0.571. The Morgan fingerprint density at radius 1 is 1.77 bits per heavy atom. The van der Waals surface area contributed by atoms with Crippen LogP contribution in [0.2, 0.25) is 0 Å². The number of carbonyl (C=O) groups excluding carboxylic acids is 1. The third-order valence-electron chi connectivity index (χ3n) is 1.46. The highest BCUT2D eigenvalue weighted by Gasteiger charge is 2.13. The normalized spacial score (nSPS) is 12.5. The zero-order chi connectivity index (χ0) is 9.84. The molecule has 1 aromatic heterocycles. The molecule has 0 aromatic carbocycles. The van der Waals surface area contributed by atoms with Gasteiger partial charge >= 0.3 is 0 Å². The van der Waals surface area contributed by atoms with E-state index in [0.717, 1.165) is 0 Å². The molecule has 0 saturated carbocycles. The summed E-state index contributed by atoms with van der Waals surface area (Å²) in [7, 11) is 0. The largest absolute Gasteiger partial charge is 0.345 e. The molecule has 0 aliphatic heterocycles. The van der Waals surface area contributed by atoms with Gasteiger partial charge in [0, 0.05) is 19.5 Å². The summed E-state index contributed by atoms with van der Waals surface area (Å²) in [5.74, 6) is 0.0400. The summed E-state index contributed by atoms with van der Waals surface area (Å²) in [4.78, 5) is 15.0. The minimum Gasteiger partial charge on any atom is -0.345 e. The van der Waals surface area contributed by atoms with E-state index in [1.165, 1.54) is 0 Å². The van der Waals surface area contributed by atoms with E-state index < -0.39 is 0 Å². The Morgan fingerprint density at radius 3 is 2.92 bits per heavy atom. The molecule has 0 aliphatic carbocycles. The van der Waals surface area contributed by atoms with Crippen LogP contribution < -0.4 is 11.1 Å². The Morgan fingerprint density at radius 2 is 2.46 bits per heavy atom. The maximum atomic E-state index is 11.3. The van der Waals surface area contributed by atoms with Crippen LogP contribution >= 0.6 is 0 Å². The van der Waals surface area contributed by atoms with E-state index >= 15 is 0 Å². The molecule has 0 fully saturated rings. The van der Waals surface area contributed by atoms with Crippen LogP contribution in [0.3, 0.4) is 0 Å². The number of hydrogen-bond acceptors (Lipinski definition) is 5. The first kappa shape index (κ1) is 9.66. The number of nitrogens with zero attached hydrogens (tertiary/aromatic N) is 2. The van der Waals surface area contributed by atoms with E-state index in [9.17, 15) is 4.79 Å². The molecule has 1 unspecified atom stereocenters. The highest BCUT2D eigenvalue weighted by Crippen LogP contribution is 1.94. The van der Waals surface area contributed by atoms with Crippen molar-refractivity contribution in [2.24, 2.45) is 5.73 Å². The van der Waals surface area contributed by atoms with Gasteiger partial charge in [-0.05, 0) is 6.92 Å². The Bertz CT molecular complexity index is 296. The predicted octanol–water partition coefficient (Wildman–Crippen LogP) is -0.545. The van der Waals surface area contributed by atoms with E-state index in [-0.39, 0.29) is 17.8 Å². The first-order valence-electron chi connectivity index (χ1n) is 3.94. The summed E-state index contributed by atoms with van der Waals surface area (Å²) >= 11 is 0. The van der Waals surface area contributed by atoms with Crippen LogP contribution in [0.4, 0.5) is 0 Å². The Labute approximate surface area is 75.5 Å². The Hall–Kier alpha value is -1.43. The van der Waals surface area contributed by atoms with E-state index in [1.807, 2.05) is 0 Å². The van der Waals surface area contributed by atoms with Gasteiger partial charge in [-0.3, -0.25) is 4.79 Å². The number of aromatic nitrogens is 2. The maximum absolute atomic E-state index is 11.3. The van der Waals surface area contributed by atoms with Crippen molar-refractivity contribution in [3.63, 3.8) is 0 Å². The van der Waals surface area contributed by atoms with Crippen LogP contribution in [0, 0.1) is 6.92 Å². The molecule has 1 aromatic rings. The van der Waals surface area contributed by atoms with Gasteiger partial charge in [-0.2, -0.15) is 4.98 Å². The average Bonchev–Trinajstić information content (AvgIpc) is 2.51. The number of carbonyl (C=O) groups is 1. The number of amides is 1. The van der Waals surface area contributed by atoms with E-state index in [1.54, 1.807) is 13.8 Å². The molecule has 0 bridgehead atoms. The molecule has 0 saturated heterocycles. The van der Waals surface area contributed by atoms with E-state index in [2.05, 4.69) is 20.0 Å². The molecule has 13 heavy (non-hydrogen) atoms. The van der Waals surface area contributed by atoms with Crippen LogP contribution in [-0.2, 0) is 0 Å². The van der Waals surface area contributed by atoms with Gasteiger partial charge in [0.15, 0.2) is 0 Å². The number of aryl methyl sites for hydroxylation is 1. The molecule has 0 radical (unpaired) electrons. The van der Waals surface area contributed by atoms with Crippen LogP contribution in [0.15, 0.2) is 4.52 Å². The molecule has 72 valence electrons. The van der Waals surface area contributed by atoms with Crippen molar-refractivity contribution in [3.8, 4) is 0 Å². The molecular formula is C7H12N4O2. The summed E-state index contributed by atoms with van der Waals surface area (Å²) in [5.41, 5.74) is 5.32. The summed E-state index contributed by atoms with van der Waals surface area (Å²) in [5, 5.41) is 6.07. The monoisotopic (exact) mass is 184 g/mol. The average molecular weight is 184 g/mol. The second kappa shape index (κ2) is 3.99. The SMILES string of the molecule is Cc1nc(C(=O)NC(C)CN)no1. The third kappa shape index (κ3) is 2.51. The second-order valence-electron chi connectivity index (χ2n) is 2.75. The van der Waals surface area contributed by atoms with Crippen molar-refractivity contribution in [1.29, 1.82) is 0 Å². The van der Waals surface area contributed by atoms with Crippen LogP contribution in [-0.4, -0.2) is 28.6 Å². The van der Waals surface area contributed by atoms with Gasteiger partial charge in [-0.15, -0.1) is 0 Å². The standard InChI is InChI=1S/C7H12N4O2/c1-4(3-8)9-7(12)6-10-5(2)13-11-6/h4H,3,8H2,1-2H3,(H,9,12). The van der Waals surface area contributed by atoms with Crippen molar-refractivity contribution >= 4 is 5.91 Å². The van der Waals surface area contributed by atoms with Gasteiger partial charge in [0.05, 0.1) is 0 Å². The van der Waals surface area contributed by atoms with E-state index in [4.69, 9.17) is 5.73 Å². The molecule has 0 spiro atoms. The fourth-order valence-corrected chi connectivity index (χ4v) is 0.739. The lowest BCUT2D eigenvalue weighted by Crippen LogP contribution is -2.38. The zero-order valence-electron chi connectivity index (χ0n) is 7.57. The van der Waals surface area contributed by atoms with Crippen molar-refractivity contribution in [2.75, 3.05) is 6.54 Å². The number of hydrogen-bond donors (Lipinski definition) is 2. The van der Waals surface area contributed by atoms with Crippen molar-refractivity contribution in [3.05, 3.63) is 11.7 Å². The molecule has 1 atom stereocenters. The smallest absolute Gasteiger partial charge is 0.292 e. The molecule has 6 heteroatoms. The number of nitrogens with one attached hydrogen (secondary N) is 1. The first-order valence-corrected chi connectivity index (χ1v) is 3.94. The maximum Gasteiger partial charge on any atom is 0.292 e. The van der Waals surface area contributed by atoms with Crippen molar-refractivity contribution < 1.29 is 9.32 Å². The van der Waals surface area contributed by atoms with Gasteiger partial charge < -0.3 is 15.6 Å². The van der Waals surface area contributed by atoms with E-state index in [0.29, 0.717) is 12.4 Å². The summed E-state index contributed by atoms with van der Waals surface area (Å²) in [6, 6.07) is -0.0914. The third-order valence-corrected chi connectivity index (χ3v) is 1.46. The fourth-order valence-electron chi connectivity index (χ4n) is 0.739. The molecular weight excluding hydrogens is 172 g/mol. The highest BCUT2D eigenvalue weighted by atomic mass is 16.5. The molecule has 6 nitrogen and oxygen atoms in total. The minimum atomic E-state index is -0.366. The molecule has 1 heterocycles. The first-order chi connectivity index (χ1) is 6.13. The lowest BCUT2D eigenvalue weighted by molar-refractivity contribution is 0.0928. The quantitative estimate of drug-likeness (QED) is 0.657. The summed E-state index contributed by atoms with van der Waals surface area (Å²) in [6.45, 7) is 3.80. The molecule has 0 aliphatic rings. The number of nitrogens with two attached hydrogens (primary N) is 1. The van der Waals surface area contributed by atoms with Crippen LogP contribution in [0.5, 0.6) is 0 Å². The van der Waals surface area contributed by atoms with Gasteiger partial charge in [0.1, 0.15) is 0 Å². The topological polar surface area (TPSA) is 94.0 Å². The van der Waals surface area contributed by atoms with Gasteiger partial charge in [-0.25, -0.2) is 0 Å².